The van der Waals surface area contributed by atoms with Crippen LogP contribution in [0.25, 0.3) is 0 Å². The van der Waals surface area contributed by atoms with E-state index >= 15 is 0 Å². The van der Waals surface area contributed by atoms with Gasteiger partial charge in [0.25, 0.3) is 5.69 Å². The van der Waals surface area contributed by atoms with Gasteiger partial charge >= 0.3 is 0 Å². The summed E-state index contributed by atoms with van der Waals surface area (Å²) in [5, 5.41) is 19.0. The molecule has 0 saturated carbocycles. The van der Waals surface area contributed by atoms with Crippen LogP contribution in [0.4, 0.5) is 17.1 Å². The zero-order valence-corrected chi connectivity index (χ0v) is 14.2. The predicted molar refractivity (Wildman–Crippen MR) is 88.4 cm³/mol. The van der Waals surface area contributed by atoms with E-state index in [2.05, 4.69) is 21.2 Å². The molecule has 0 aromatic heterocycles. The fourth-order valence-corrected chi connectivity index (χ4v) is 2.78. The SMILES string of the molecule is COc1cc(Nc2ccc(S(N)(=O)=O)cc2[N+](=O)[O-])ccc1Br. The van der Waals surface area contributed by atoms with Crippen molar-refractivity contribution in [1.82, 2.24) is 0 Å². The number of hydrogen-bond acceptors (Lipinski definition) is 6. The Morgan fingerprint density at radius 3 is 2.52 bits per heavy atom. The maximum Gasteiger partial charge on any atom is 0.294 e. The monoisotopic (exact) mass is 401 g/mol. The smallest absolute Gasteiger partial charge is 0.294 e. The Kier molecular flexibility index (Phi) is 4.88. The Morgan fingerprint density at radius 1 is 1.26 bits per heavy atom. The van der Waals surface area contributed by atoms with Gasteiger partial charge in [-0.2, -0.15) is 0 Å². The van der Waals surface area contributed by atoms with Crippen molar-refractivity contribution < 1.29 is 18.1 Å². The Hall–Kier alpha value is -2.17. The molecule has 2 rings (SSSR count). The van der Waals surface area contributed by atoms with Crippen LogP contribution >= 0.6 is 15.9 Å². The van der Waals surface area contributed by atoms with Gasteiger partial charge in [-0.1, -0.05) is 0 Å². The highest BCUT2D eigenvalue weighted by Gasteiger charge is 2.19. The number of sulfonamides is 1. The molecule has 0 heterocycles. The quantitative estimate of drug-likeness (QED) is 0.585. The van der Waals surface area contributed by atoms with E-state index in [9.17, 15) is 18.5 Å². The van der Waals surface area contributed by atoms with Crippen LogP contribution in [0.2, 0.25) is 0 Å². The number of anilines is 2. The van der Waals surface area contributed by atoms with Gasteiger partial charge < -0.3 is 10.1 Å². The first kappa shape index (κ1) is 17.2. The van der Waals surface area contributed by atoms with Crippen molar-refractivity contribution in [3.05, 3.63) is 51.0 Å². The van der Waals surface area contributed by atoms with Gasteiger partial charge in [0, 0.05) is 17.8 Å². The van der Waals surface area contributed by atoms with Crippen molar-refractivity contribution in [2.75, 3.05) is 12.4 Å². The Bertz CT molecular complexity index is 870. The molecule has 0 atom stereocenters. The summed E-state index contributed by atoms with van der Waals surface area (Å²) in [6, 6.07) is 8.43. The molecule has 122 valence electrons. The first-order valence-corrected chi connectivity index (χ1v) is 8.48. The zero-order chi connectivity index (χ0) is 17.2. The summed E-state index contributed by atoms with van der Waals surface area (Å²) in [6.07, 6.45) is 0. The number of nitro groups is 1. The molecular weight excluding hydrogens is 390 g/mol. The number of nitrogens with two attached hydrogens (primary N) is 1. The molecule has 0 fully saturated rings. The third-order valence-electron chi connectivity index (χ3n) is 2.92. The molecule has 10 heteroatoms. The molecule has 0 unspecified atom stereocenters. The number of nitrogens with zero attached hydrogens (tertiary/aromatic N) is 1. The van der Waals surface area contributed by atoms with Crippen LogP contribution in [-0.2, 0) is 10.0 Å². The third-order valence-corrected chi connectivity index (χ3v) is 4.49. The molecule has 0 aliphatic rings. The second-order valence-corrected chi connectivity index (χ2v) is 6.87. The second-order valence-electron chi connectivity index (χ2n) is 4.46. The fourth-order valence-electron chi connectivity index (χ4n) is 1.84. The van der Waals surface area contributed by atoms with Gasteiger partial charge in [0.05, 0.1) is 21.4 Å². The lowest BCUT2D eigenvalue weighted by Crippen LogP contribution is -2.12. The maximum atomic E-state index is 11.3. The van der Waals surface area contributed by atoms with E-state index in [0.717, 1.165) is 10.5 Å². The molecule has 2 aromatic carbocycles. The number of hydrogen-bond donors (Lipinski definition) is 2. The van der Waals surface area contributed by atoms with Crippen molar-refractivity contribution >= 4 is 43.0 Å². The average Bonchev–Trinajstić information content (AvgIpc) is 2.48. The summed E-state index contributed by atoms with van der Waals surface area (Å²) in [6.45, 7) is 0. The predicted octanol–water partition coefficient (Wildman–Crippen LogP) is 2.76. The standard InChI is InChI=1S/C13H12BrN3O5S/c1-22-13-6-8(2-4-10(13)14)16-11-5-3-9(23(15,20)21)7-12(11)17(18)19/h2-7,16H,1H3,(H2,15,20,21). The van der Waals surface area contributed by atoms with Gasteiger partial charge in [-0.15, -0.1) is 0 Å². The summed E-state index contributed by atoms with van der Waals surface area (Å²) >= 11 is 3.30. The van der Waals surface area contributed by atoms with E-state index < -0.39 is 20.6 Å². The molecule has 0 saturated heterocycles. The molecule has 0 radical (unpaired) electrons. The number of rotatable bonds is 5. The molecule has 0 aliphatic heterocycles. The molecule has 3 N–H and O–H groups in total. The summed E-state index contributed by atoms with van der Waals surface area (Å²) in [7, 11) is -2.53. The van der Waals surface area contributed by atoms with Gasteiger partial charge in [0.15, 0.2) is 0 Å². The van der Waals surface area contributed by atoms with Crippen molar-refractivity contribution in [3.8, 4) is 5.75 Å². The van der Waals surface area contributed by atoms with Crippen molar-refractivity contribution in [1.29, 1.82) is 0 Å². The molecule has 0 amide bonds. The lowest BCUT2D eigenvalue weighted by atomic mass is 10.2. The molecule has 8 nitrogen and oxygen atoms in total. The van der Waals surface area contributed by atoms with Crippen LogP contribution in [0.1, 0.15) is 0 Å². The van der Waals surface area contributed by atoms with Gasteiger partial charge in [-0.3, -0.25) is 10.1 Å². The maximum absolute atomic E-state index is 11.3. The summed E-state index contributed by atoms with van der Waals surface area (Å²) in [5.74, 6) is 0.541. The van der Waals surface area contributed by atoms with Gasteiger partial charge in [0.2, 0.25) is 10.0 Å². The highest BCUT2D eigenvalue weighted by Crippen LogP contribution is 2.33. The van der Waals surface area contributed by atoms with Crippen LogP contribution in [0.5, 0.6) is 5.75 Å². The first-order chi connectivity index (χ1) is 10.7. The van der Waals surface area contributed by atoms with Crippen LogP contribution in [0.3, 0.4) is 0 Å². The summed E-state index contributed by atoms with van der Waals surface area (Å²) in [5.41, 5.74) is 0.265. The van der Waals surface area contributed by atoms with E-state index in [-0.39, 0.29) is 10.6 Å². The number of benzene rings is 2. The van der Waals surface area contributed by atoms with Crippen LogP contribution < -0.4 is 15.2 Å². The Labute approximate surface area is 140 Å². The van der Waals surface area contributed by atoms with Crippen molar-refractivity contribution in [2.45, 2.75) is 4.90 Å². The van der Waals surface area contributed by atoms with E-state index in [4.69, 9.17) is 9.88 Å². The second kappa shape index (κ2) is 6.52. The van der Waals surface area contributed by atoms with Gasteiger partial charge in [-0.25, -0.2) is 13.6 Å². The van der Waals surface area contributed by atoms with Crippen molar-refractivity contribution in [2.24, 2.45) is 5.14 Å². The van der Waals surface area contributed by atoms with Gasteiger partial charge in [-0.05, 0) is 40.2 Å². The van der Waals surface area contributed by atoms with Crippen molar-refractivity contribution in [3.63, 3.8) is 0 Å². The molecule has 0 bridgehead atoms. The molecule has 0 aliphatic carbocycles. The minimum Gasteiger partial charge on any atom is -0.495 e. The average molecular weight is 402 g/mol. The zero-order valence-electron chi connectivity index (χ0n) is 11.8. The topological polar surface area (TPSA) is 125 Å². The number of primary sulfonamides is 1. The number of ether oxygens (including phenoxy) is 1. The normalized spacial score (nSPS) is 11.1. The number of nitrogens with one attached hydrogen (secondary N) is 1. The first-order valence-electron chi connectivity index (χ1n) is 6.14. The van der Waals surface area contributed by atoms with E-state index in [1.165, 1.54) is 19.2 Å². The number of halogens is 1. The summed E-state index contributed by atoms with van der Waals surface area (Å²) in [4.78, 5) is 10.1. The summed E-state index contributed by atoms with van der Waals surface area (Å²) < 4.78 is 28.5. The van der Waals surface area contributed by atoms with Gasteiger partial charge in [0.1, 0.15) is 11.4 Å². The number of nitro benzene ring substituents is 1. The minimum absolute atomic E-state index is 0.131. The minimum atomic E-state index is -4.02. The molecule has 0 spiro atoms. The Morgan fingerprint density at radius 2 is 1.96 bits per heavy atom. The lowest BCUT2D eigenvalue weighted by Gasteiger charge is -2.10. The Balaban J connectivity index is 2.46. The van der Waals surface area contributed by atoms with E-state index in [1.54, 1.807) is 18.2 Å². The molecular formula is C13H12BrN3O5S. The van der Waals surface area contributed by atoms with E-state index in [1.807, 2.05) is 0 Å². The largest absolute Gasteiger partial charge is 0.495 e. The molecule has 23 heavy (non-hydrogen) atoms. The highest BCUT2D eigenvalue weighted by atomic mass is 79.9. The van der Waals surface area contributed by atoms with Crippen LogP contribution in [0, 0.1) is 10.1 Å². The van der Waals surface area contributed by atoms with Crippen LogP contribution in [-0.4, -0.2) is 20.5 Å². The molecule has 2 aromatic rings. The number of methoxy groups -OCH3 is 1. The van der Waals surface area contributed by atoms with E-state index in [0.29, 0.717) is 11.4 Å². The lowest BCUT2D eigenvalue weighted by molar-refractivity contribution is -0.384. The fraction of sp³-hybridized carbons (Fsp3) is 0.0769. The van der Waals surface area contributed by atoms with Crippen LogP contribution in [0.15, 0.2) is 45.8 Å². The highest BCUT2D eigenvalue weighted by molar-refractivity contribution is 9.10. The third kappa shape index (κ3) is 3.97.